The topological polar surface area (TPSA) is 42.0 Å². The Bertz CT molecular complexity index is 569. The maximum Gasteiger partial charge on any atom is 0.251 e. The van der Waals surface area contributed by atoms with Gasteiger partial charge >= 0.3 is 0 Å². The van der Waals surface area contributed by atoms with Crippen molar-refractivity contribution in [2.45, 2.75) is 19.8 Å². The van der Waals surface area contributed by atoms with Gasteiger partial charge in [0.1, 0.15) is 5.82 Å². The lowest BCUT2D eigenvalue weighted by Gasteiger charge is -2.11. The zero-order valence-electron chi connectivity index (χ0n) is 10.8. The summed E-state index contributed by atoms with van der Waals surface area (Å²) in [5, 5.41) is 5.76. The Morgan fingerprint density at radius 2 is 2.32 bits per heavy atom. The lowest BCUT2D eigenvalue weighted by atomic mass is 10.1. The van der Waals surface area contributed by atoms with Crippen molar-refractivity contribution in [2.24, 2.45) is 0 Å². The van der Waals surface area contributed by atoms with Gasteiger partial charge in [-0.1, -0.05) is 6.92 Å². The van der Waals surface area contributed by atoms with Crippen LogP contribution in [-0.2, 0) is 0 Å². The van der Waals surface area contributed by atoms with Gasteiger partial charge in [0.15, 0.2) is 0 Å². The van der Waals surface area contributed by atoms with Crippen molar-refractivity contribution in [1.29, 1.82) is 0 Å². The minimum Gasteiger partial charge on any atom is -0.351 e. The molecule has 100 valence electrons. The summed E-state index contributed by atoms with van der Waals surface area (Å²) in [5.74, 6) is -0.337. The van der Waals surface area contributed by atoms with Crippen LogP contribution in [0.2, 0.25) is 0 Å². The van der Waals surface area contributed by atoms with E-state index < -0.39 is 0 Å². The Morgan fingerprint density at radius 1 is 1.53 bits per heavy atom. The lowest BCUT2D eigenvalue weighted by Crippen LogP contribution is -2.28. The largest absolute Gasteiger partial charge is 0.351 e. The second-order valence-electron chi connectivity index (χ2n) is 4.44. The van der Waals surface area contributed by atoms with Crippen LogP contribution < -0.4 is 5.32 Å². The van der Waals surface area contributed by atoms with Crippen LogP contribution in [0, 0.1) is 12.7 Å². The highest BCUT2D eigenvalue weighted by Crippen LogP contribution is 2.17. The van der Waals surface area contributed by atoms with E-state index in [9.17, 15) is 9.18 Å². The molecule has 0 saturated heterocycles. The minimum absolute atomic E-state index is 0.171. The Morgan fingerprint density at radius 3 is 2.95 bits per heavy atom. The summed E-state index contributed by atoms with van der Waals surface area (Å²) >= 11 is 1.57. The van der Waals surface area contributed by atoms with E-state index in [1.807, 2.05) is 12.3 Å². The third kappa shape index (κ3) is 3.38. The Labute approximate surface area is 115 Å². The summed E-state index contributed by atoms with van der Waals surface area (Å²) in [4.78, 5) is 16.2. The molecule has 0 fully saturated rings. The van der Waals surface area contributed by atoms with E-state index in [1.54, 1.807) is 24.5 Å². The molecule has 0 bridgehead atoms. The molecule has 1 N–H and O–H groups in total. The van der Waals surface area contributed by atoms with Crippen LogP contribution >= 0.6 is 11.3 Å². The molecule has 0 aliphatic heterocycles. The summed E-state index contributed by atoms with van der Waals surface area (Å²) in [7, 11) is 0. The molecular weight excluding hydrogens is 263 g/mol. The van der Waals surface area contributed by atoms with E-state index in [1.165, 1.54) is 18.2 Å². The molecule has 0 saturated carbocycles. The molecule has 19 heavy (non-hydrogen) atoms. The predicted octanol–water partition coefficient (Wildman–Crippen LogP) is 3.12. The van der Waals surface area contributed by atoms with Gasteiger partial charge in [0.25, 0.3) is 5.91 Å². The number of rotatable bonds is 4. The van der Waals surface area contributed by atoms with E-state index in [0.29, 0.717) is 17.7 Å². The van der Waals surface area contributed by atoms with Gasteiger partial charge < -0.3 is 5.32 Å². The molecule has 2 rings (SSSR count). The van der Waals surface area contributed by atoms with E-state index >= 15 is 0 Å². The first-order valence-corrected chi connectivity index (χ1v) is 6.89. The van der Waals surface area contributed by atoms with Gasteiger partial charge in [-0.25, -0.2) is 9.37 Å². The first kappa shape index (κ1) is 13.7. The molecule has 2 aromatic rings. The van der Waals surface area contributed by atoms with Crippen LogP contribution in [0.1, 0.15) is 33.8 Å². The third-order valence-corrected chi connectivity index (χ3v) is 3.88. The standard InChI is InChI=1S/C14H15FN2OS/c1-9-7-11(15)3-4-12(9)13(18)17-8-10(2)14-16-5-6-19-14/h3-7,10H,8H2,1-2H3,(H,17,18). The Balaban J connectivity index is 1.98. The van der Waals surface area contributed by atoms with Gasteiger partial charge in [-0.3, -0.25) is 4.79 Å². The van der Waals surface area contributed by atoms with E-state index in [0.717, 1.165) is 5.01 Å². The van der Waals surface area contributed by atoms with Crippen molar-refractivity contribution in [3.8, 4) is 0 Å². The molecule has 0 aliphatic carbocycles. The summed E-state index contributed by atoms with van der Waals surface area (Å²) in [6.45, 7) is 4.25. The van der Waals surface area contributed by atoms with Crippen molar-refractivity contribution < 1.29 is 9.18 Å². The number of carbonyl (C=O) groups excluding carboxylic acids is 1. The second kappa shape index (κ2) is 5.93. The molecule has 0 spiro atoms. The maximum absolute atomic E-state index is 13.0. The molecular formula is C14H15FN2OS. The SMILES string of the molecule is Cc1cc(F)ccc1C(=O)NCC(C)c1nccs1. The molecule has 0 aliphatic rings. The highest BCUT2D eigenvalue weighted by atomic mass is 32.1. The quantitative estimate of drug-likeness (QED) is 0.933. The first-order valence-electron chi connectivity index (χ1n) is 6.01. The number of hydrogen-bond acceptors (Lipinski definition) is 3. The average molecular weight is 278 g/mol. The Kier molecular flexibility index (Phi) is 4.27. The monoisotopic (exact) mass is 278 g/mol. The van der Waals surface area contributed by atoms with Crippen molar-refractivity contribution in [3.05, 3.63) is 51.7 Å². The predicted molar refractivity (Wildman–Crippen MR) is 74.0 cm³/mol. The molecule has 1 aromatic heterocycles. The summed E-state index contributed by atoms with van der Waals surface area (Å²) in [6, 6.07) is 4.17. The average Bonchev–Trinajstić information content (AvgIpc) is 2.89. The summed E-state index contributed by atoms with van der Waals surface area (Å²) in [6.07, 6.45) is 1.75. The van der Waals surface area contributed by atoms with Gasteiger partial charge in [0.05, 0.1) is 5.01 Å². The molecule has 1 amide bonds. The number of nitrogens with zero attached hydrogens (tertiary/aromatic N) is 1. The van der Waals surface area contributed by atoms with Crippen LogP contribution in [0.15, 0.2) is 29.8 Å². The van der Waals surface area contributed by atoms with Gasteiger partial charge in [-0.15, -0.1) is 11.3 Å². The fourth-order valence-electron chi connectivity index (χ4n) is 1.79. The number of hydrogen-bond donors (Lipinski definition) is 1. The van der Waals surface area contributed by atoms with Crippen molar-refractivity contribution >= 4 is 17.2 Å². The van der Waals surface area contributed by atoms with E-state index in [2.05, 4.69) is 10.3 Å². The van der Waals surface area contributed by atoms with E-state index in [4.69, 9.17) is 0 Å². The highest BCUT2D eigenvalue weighted by Gasteiger charge is 2.13. The van der Waals surface area contributed by atoms with Crippen LogP contribution in [-0.4, -0.2) is 17.4 Å². The number of halogens is 1. The van der Waals surface area contributed by atoms with Crippen molar-refractivity contribution in [1.82, 2.24) is 10.3 Å². The zero-order valence-corrected chi connectivity index (χ0v) is 11.6. The van der Waals surface area contributed by atoms with Gasteiger partial charge in [-0.05, 0) is 30.7 Å². The molecule has 1 atom stereocenters. The first-order chi connectivity index (χ1) is 9.08. The number of carbonyl (C=O) groups is 1. The van der Waals surface area contributed by atoms with Crippen LogP contribution in [0.25, 0.3) is 0 Å². The number of thiazole rings is 1. The normalized spacial score (nSPS) is 12.2. The molecule has 1 heterocycles. The number of benzene rings is 1. The molecule has 3 nitrogen and oxygen atoms in total. The molecule has 0 radical (unpaired) electrons. The number of aryl methyl sites for hydroxylation is 1. The molecule has 5 heteroatoms. The third-order valence-electron chi connectivity index (χ3n) is 2.87. The van der Waals surface area contributed by atoms with Crippen LogP contribution in [0.3, 0.4) is 0 Å². The van der Waals surface area contributed by atoms with Crippen LogP contribution in [0.5, 0.6) is 0 Å². The number of nitrogens with one attached hydrogen (secondary N) is 1. The Hall–Kier alpha value is -1.75. The van der Waals surface area contributed by atoms with E-state index in [-0.39, 0.29) is 17.6 Å². The van der Waals surface area contributed by atoms with Gasteiger partial charge in [0.2, 0.25) is 0 Å². The van der Waals surface area contributed by atoms with Crippen molar-refractivity contribution in [3.63, 3.8) is 0 Å². The second-order valence-corrected chi connectivity index (χ2v) is 5.37. The fraction of sp³-hybridized carbons (Fsp3) is 0.286. The van der Waals surface area contributed by atoms with Crippen LogP contribution in [0.4, 0.5) is 4.39 Å². The number of aromatic nitrogens is 1. The smallest absolute Gasteiger partial charge is 0.251 e. The lowest BCUT2D eigenvalue weighted by molar-refractivity contribution is 0.0951. The molecule has 1 unspecified atom stereocenters. The number of amides is 1. The summed E-state index contributed by atoms with van der Waals surface area (Å²) in [5.41, 5.74) is 1.15. The highest BCUT2D eigenvalue weighted by molar-refractivity contribution is 7.09. The summed E-state index contributed by atoms with van der Waals surface area (Å²) < 4.78 is 13.0. The minimum atomic E-state index is -0.329. The van der Waals surface area contributed by atoms with Crippen molar-refractivity contribution in [2.75, 3.05) is 6.54 Å². The van der Waals surface area contributed by atoms with Gasteiger partial charge in [0, 0.05) is 29.6 Å². The maximum atomic E-state index is 13.0. The molecule has 1 aromatic carbocycles. The zero-order chi connectivity index (χ0) is 13.8. The van der Waals surface area contributed by atoms with Gasteiger partial charge in [-0.2, -0.15) is 0 Å². The fourth-order valence-corrected chi connectivity index (χ4v) is 2.49.